The molecule has 2 aromatic rings. The molecule has 0 aliphatic heterocycles. The van der Waals surface area contributed by atoms with E-state index in [0.29, 0.717) is 31.7 Å². The maximum Gasteiger partial charge on any atom is 0.269 e. The third kappa shape index (κ3) is 6.17. The molecule has 7 heteroatoms. The highest BCUT2D eigenvalue weighted by Gasteiger charge is 2.11. The van der Waals surface area contributed by atoms with E-state index in [0.717, 1.165) is 11.4 Å². The van der Waals surface area contributed by atoms with Gasteiger partial charge in [0.2, 0.25) is 0 Å². The highest BCUT2D eigenvalue weighted by atomic mass is 16.1. The number of hydrogen-bond donors (Lipinski definition) is 4. The number of amides is 1. The lowest BCUT2D eigenvalue weighted by Gasteiger charge is -2.18. The van der Waals surface area contributed by atoms with Crippen LogP contribution in [0.5, 0.6) is 0 Å². The number of nitrogens with zero attached hydrogens (tertiary/aromatic N) is 2. The van der Waals surface area contributed by atoms with Gasteiger partial charge in [-0.3, -0.25) is 4.79 Å². The van der Waals surface area contributed by atoms with Gasteiger partial charge in [0.15, 0.2) is 0 Å². The first-order chi connectivity index (χ1) is 10.9. The first kappa shape index (κ1) is 17.1. The molecule has 1 amide bonds. The SMILES string of the molecule is CC(C)(N)CNCc1cccc(C(=O)NCCc2cnc[nH]2)n1. The van der Waals surface area contributed by atoms with Gasteiger partial charge in [0.25, 0.3) is 5.91 Å². The number of H-pyrrole nitrogens is 1. The monoisotopic (exact) mass is 316 g/mol. The lowest BCUT2D eigenvalue weighted by atomic mass is 10.1. The van der Waals surface area contributed by atoms with Crippen molar-refractivity contribution in [2.45, 2.75) is 32.4 Å². The number of aromatic nitrogens is 3. The Morgan fingerprint density at radius 2 is 2.22 bits per heavy atom. The van der Waals surface area contributed by atoms with Crippen molar-refractivity contribution in [3.05, 3.63) is 47.8 Å². The summed E-state index contributed by atoms with van der Waals surface area (Å²) in [5.41, 5.74) is 7.86. The molecule has 0 bridgehead atoms. The van der Waals surface area contributed by atoms with Crippen molar-refractivity contribution in [1.29, 1.82) is 0 Å². The van der Waals surface area contributed by atoms with Crippen molar-refractivity contribution in [3.63, 3.8) is 0 Å². The Hall–Kier alpha value is -2.25. The molecule has 0 unspecified atom stereocenters. The van der Waals surface area contributed by atoms with Gasteiger partial charge in [-0.25, -0.2) is 9.97 Å². The fourth-order valence-electron chi connectivity index (χ4n) is 2.04. The van der Waals surface area contributed by atoms with E-state index in [-0.39, 0.29) is 11.4 Å². The van der Waals surface area contributed by atoms with E-state index in [2.05, 4.69) is 25.6 Å². The summed E-state index contributed by atoms with van der Waals surface area (Å²) in [7, 11) is 0. The van der Waals surface area contributed by atoms with Crippen molar-refractivity contribution in [2.24, 2.45) is 5.73 Å². The molecule has 0 aliphatic carbocycles. The van der Waals surface area contributed by atoms with Gasteiger partial charge in [-0.1, -0.05) is 6.07 Å². The minimum absolute atomic E-state index is 0.175. The quantitative estimate of drug-likeness (QED) is 0.570. The summed E-state index contributed by atoms with van der Waals surface area (Å²) >= 11 is 0. The predicted octanol–water partition coefficient (Wildman–Crippen LogP) is 0.604. The molecular weight excluding hydrogens is 292 g/mol. The molecule has 0 spiro atoms. The van der Waals surface area contributed by atoms with Crippen molar-refractivity contribution in [1.82, 2.24) is 25.6 Å². The lowest BCUT2D eigenvalue weighted by molar-refractivity contribution is 0.0949. The summed E-state index contributed by atoms with van der Waals surface area (Å²) in [6, 6.07) is 5.43. The number of carbonyl (C=O) groups is 1. The van der Waals surface area contributed by atoms with E-state index in [1.54, 1.807) is 18.6 Å². The van der Waals surface area contributed by atoms with E-state index in [1.807, 2.05) is 26.0 Å². The Morgan fingerprint density at radius 3 is 2.91 bits per heavy atom. The summed E-state index contributed by atoms with van der Waals surface area (Å²) in [5.74, 6) is -0.175. The minimum atomic E-state index is -0.276. The summed E-state index contributed by atoms with van der Waals surface area (Å²) in [4.78, 5) is 23.4. The molecule has 0 aromatic carbocycles. The molecule has 124 valence electrons. The summed E-state index contributed by atoms with van der Waals surface area (Å²) in [6.07, 6.45) is 4.08. The molecule has 23 heavy (non-hydrogen) atoms. The van der Waals surface area contributed by atoms with Crippen LogP contribution in [0.25, 0.3) is 0 Å². The molecule has 0 aliphatic rings. The molecule has 7 nitrogen and oxygen atoms in total. The second-order valence-corrected chi connectivity index (χ2v) is 6.19. The van der Waals surface area contributed by atoms with Gasteiger partial charge in [-0.05, 0) is 26.0 Å². The van der Waals surface area contributed by atoms with Crippen molar-refractivity contribution >= 4 is 5.91 Å². The van der Waals surface area contributed by atoms with Gasteiger partial charge in [-0.15, -0.1) is 0 Å². The molecule has 2 heterocycles. The van der Waals surface area contributed by atoms with Crippen LogP contribution in [0.3, 0.4) is 0 Å². The number of pyridine rings is 1. The Bertz CT molecular complexity index is 618. The fraction of sp³-hybridized carbons (Fsp3) is 0.438. The van der Waals surface area contributed by atoms with Crippen LogP contribution in [-0.2, 0) is 13.0 Å². The molecule has 0 saturated heterocycles. The Morgan fingerprint density at radius 1 is 1.39 bits per heavy atom. The largest absolute Gasteiger partial charge is 0.350 e. The number of imidazole rings is 1. The average Bonchev–Trinajstić information content (AvgIpc) is 2.99. The number of nitrogens with one attached hydrogen (secondary N) is 3. The van der Waals surface area contributed by atoms with E-state index in [4.69, 9.17) is 5.73 Å². The molecule has 0 saturated carbocycles. The number of rotatable bonds is 8. The molecular formula is C16H24N6O. The Balaban J connectivity index is 1.82. The first-order valence-electron chi connectivity index (χ1n) is 7.65. The molecule has 0 fully saturated rings. The van der Waals surface area contributed by atoms with E-state index >= 15 is 0 Å². The third-order valence-electron chi connectivity index (χ3n) is 3.16. The van der Waals surface area contributed by atoms with Crippen molar-refractivity contribution in [3.8, 4) is 0 Å². The van der Waals surface area contributed by atoms with Gasteiger partial charge in [0.1, 0.15) is 5.69 Å². The van der Waals surface area contributed by atoms with E-state index < -0.39 is 0 Å². The van der Waals surface area contributed by atoms with Crippen LogP contribution in [0.15, 0.2) is 30.7 Å². The standard InChI is InChI=1S/C16H24N6O/c1-16(2,17)10-18-9-13-4-3-5-14(22-13)15(23)20-7-6-12-8-19-11-21-12/h3-5,8,11,18H,6-7,9-10,17H2,1-2H3,(H,19,21)(H,20,23). The number of nitrogens with two attached hydrogens (primary N) is 1. The maximum absolute atomic E-state index is 12.1. The molecule has 0 radical (unpaired) electrons. The maximum atomic E-state index is 12.1. The smallest absolute Gasteiger partial charge is 0.269 e. The van der Waals surface area contributed by atoms with Gasteiger partial charge >= 0.3 is 0 Å². The molecule has 2 rings (SSSR count). The van der Waals surface area contributed by atoms with Crippen LogP contribution in [-0.4, -0.2) is 39.5 Å². The third-order valence-corrected chi connectivity index (χ3v) is 3.16. The average molecular weight is 316 g/mol. The summed E-state index contributed by atoms with van der Waals surface area (Å²) < 4.78 is 0. The van der Waals surface area contributed by atoms with Crippen LogP contribution >= 0.6 is 0 Å². The summed E-state index contributed by atoms with van der Waals surface area (Å²) in [6.45, 7) is 5.70. The minimum Gasteiger partial charge on any atom is -0.350 e. The zero-order valence-electron chi connectivity index (χ0n) is 13.6. The van der Waals surface area contributed by atoms with Crippen molar-refractivity contribution in [2.75, 3.05) is 13.1 Å². The van der Waals surface area contributed by atoms with Gasteiger partial charge in [0.05, 0.1) is 12.0 Å². The van der Waals surface area contributed by atoms with Crippen LogP contribution < -0.4 is 16.4 Å². The lowest BCUT2D eigenvalue weighted by Crippen LogP contribution is -2.42. The zero-order valence-corrected chi connectivity index (χ0v) is 13.6. The van der Waals surface area contributed by atoms with E-state index in [1.165, 1.54) is 0 Å². The second-order valence-electron chi connectivity index (χ2n) is 6.19. The highest BCUT2D eigenvalue weighted by molar-refractivity contribution is 5.92. The van der Waals surface area contributed by atoms with Gasteiger partial charge in [-0.2, -0.15) is 0 Å². The van der Waals surface area contributed by atoms with Crippen molar-refractivity contribution < 1.29 is 4.79 Å². The highest BCUT2D eigenvalue weighted by Crippen LogP contribution is 2.01. The zero-order chi connectivity index (χ0) is 16.7. The van der Waals surface area contributed by atoms with Crippen LogP contribution in [0.1, 0.15) is 35.7 Å². The molecule has 5 N–H and O–H groups in total. The fourth-order valence-corrected chi connectivity index (χ4v) is 2.04. The van der Waals surface area contributed by atoms with E-state index in [9.17, 15) is 4.79 Å². The Kier molecular flexibility index (Phi) is 5.84. The number of hydrogen-bond acceptors (Lipinski definition) is 5. The van der Waals surface area contributed by atoms with Crippen LogP contribution in [0.4, 0.5) is 0 Å². The number of aromatic amines is 1. The number of carbonyl (C=O) groups excluding carboxylic acids is 1. The van der Waals surface area contributed by atoms with Crippen LogP contribution in [0.2, 0.25) is 0 Å². The predicted molar refractivity (Wildman–Crippen MR) is 88.8 cm³/mol. The first-order valence-corrected chi connectivity index (χ1v) is 7.65. The topological polar surface area (TPSA) is 109 Å². The van der Waals surface area contributed by atoms with Gasteiger partial charge < -0.3 is 21.4 Å². The summed E-state index contributed by atoms with van der Waals surface area (Å²) in [5, 5.41) is 6.09. The normalized spacial score (nSPS) is 11.4. The molecule has 2 aromatic heterocycles. The van der Waals surface area contributed by atoms with Crippen LogP contribution in [0, 0.1) is 0 Å². The molecule has 0 atom stereocenters. The Labute approximate surface area is 136 Å². The second kappa shape index (κ2) is 7.85. The van der Waals surface area contributed by atoms with Gasteiger partial charge in [0, 0.05) is 43.5 Å².